The monoisotopic (exact) mass is 414 g/mol. The Labute approximate surface area is 141 Å². The van der Waals surface area contributed by atoms with Crippen LogP contribution in [-0.4, -0.2) is 11.7 Å². The van der Waals surface area contributed by atoms with Crippen molar-refractivity contribution in [1.82, 2.24) is 0 Å². The van der Waals surface area contributed by atoms with Gasteiger partial charge < -0.3 is 14.6 Å². The minimum atomic E-state index is -0.0371. The lowest BCUT2D eigenvalue weighted by Gasteiger charge is -2.15. The average Bonchev–Trinajstić information content (AvgIpc) is 2.46. The third kappa shape index (κ3) is 4.46. The molecule has 5 heteroatoms. The van der Waals surface area contributed by atoms with Gasteiger partial charge in [0.05, 0.1) is 17.7 Å². The van der Waals surface area contributed by atoms with E-state index in [0.29, 0.717) is 24.7 Å². The van der Waals surface area contributed by atoms with Crippen molar-refractivity contribution in [3.8, 4) is 11.5 Å². The molecule has 0 aliphatic rings. The molecule has 0 aliphatic heterocycles. The van der Waals surface area contributed by atoms with E-state index in [1.165, 1.54) is 0 Å². The summed E-state index contributed by atoms with van der Waals surface area (Å²) in [6, 6.07) is 11.6. The van der Waals surface area contributed by atoms with Crippen LogP contribution in [0.3, 0.4) is 0 Å². The molecule has 0 unspecified atom stereocenters. The molecule has 0 bridgehead atoms. The second-order valence-electron chi connectivity index (χ2n) is 4.41. The summed E-state index contributed by atoms with van der Waals surface area (Å²) in [5, 5.41) is 9.26. The van der Waals surface area contributed by atoms with E-state index < -0.39 is 0 Å². The van der Waals surface area contributed by atoms with E-state index in [1.54, 1.807) is 6.07 Å². The van der Waals surface area contributed by atoms with Crippen molar-refractivity contribution in [2.24, 2.45) is 0 Å². The molecule has 0 amide bonds. The maximum absolute atomic E-state index is 9.26. The van der Waals surface area contributed by atoms with E-state index >= 15 is 0 Å². The van der Waals surface area contributed by atoms with Gasteiger partial charge in [-0.05, 0) is 58.2 Å². The molecule has 2 rings (SSSR count). The Morgan fingerprint density at radius 3 is 2.52 bits per heavy atom. The quantitative estimate of drug-likeness (QED) is 0.744. The Hall–Kier alpha value is -1.04. The maximum Gasteiger partial charge on any atom is 0.175 e. The number of benzene rings is 2. The topological polar surface area (TPSA) is 38.7 Å². The number of ether oxygens (including phenoxy) is 2. The van der Waals surface area contributed by atoms with Crippen LogP contribution in [0.4, 0.5) is 0 Å². The molecule has 0 aromatic heterocycles. The average molecular weight is 416 g/mol. The number of halogens is 2. The lowest BCUT2D eigenvalue weighted by molar-refractivity contribution is 0.262. The molecule has 112 valence electrons. The summed E-state index contributed by atoms with van der Waals surface area (Å²) in [5.74, 6) is 1.28. The highest BCUT2D eigenvalue weighted by molar-refractivity contribution is 9.10. The second kappa shape index (κ2) is 7.82. The van der Waals surface area contributed by atoms with Gasteiger partial charge in [-0.15, -0.1) is 0 Å². The molecule has 0 radical (unpaired) electrons. The van der Waals surface area contributed by atoms with Gasteiger partial charge in [0.25, 0.3) is 0 Å². The lowest BCUT2D eigenvalue weighted by Crippen LogP contribution is -2.01. The smallest absolute Gasteiger partial charge is 0.175 e. The Morgan fingerprint density at radius 2 is 1.86 bits per heavy atom. The van der Waals surface area contributed by atoms with Gasteiger partial charge >= 0.3 is 0 Å². The predicted molar refractivity (Wildman–Crippen MR) is 89.7 cm³/mol. The summed E-state index contributed by atoms with van der Waals surface area (Å²) in [6.07, 6.45) is 0. The third-order valence-electron chi connectivity index (χ3n) is 2.82. The van der Waals surface area contributed by atoms with Crippen LogP contribution < -0.4 is 9.47 Å². The zero-order valence-corrected chi connectivity index (χ0v) is 14.8. The number of hydrogen-bond acceptors (Lipinski definition) is 3. The number of aliphatic hydroxyl groups is 1. The Morgan fingerprint density at radius 1 is 1.05 bits per heavy atom. The van der Waals surface area contributed by atoms with Crippen LogP contribution in [0.5, 0.6) is 11.5 Å². The largest absolute Gasteiger partial charge is 0.490 e. The van der Waals surface area contributed by atoms with Crippen LogP contribution in [0, 0.1) is 0 Å². The van der Waals surface area contributed by atoms with Crippen molar-refractivity contribution < 1.29 is 14.6 Å². The summed E-state index contributed by atoms with van der Waals surface area (Å²) in [4.78, 5) is 0. The van der Waals surface area contributed by atoms with E-state index in [1.807, 2.05) is 37.3 Å². The fourth-order valence-electron chi connectivity index (χ4n) is 1.90. The zero-order valence-electron chi connectivity index (χ0n) is 11.6. The molecular weight excluding hydrogens is 400 g/mol. The molecule has 0 aliphatic carbocycles. The van der Waals surface area contributed by atoms with Crippen molar-refractivity contribution in [2.75, 3.05) is 6.61 Å². The number of hydrogen-bond donors (Lipinski definition) is 1. The Balaban J connectivity index is 2.22. The minimum Gasteiger partial charge on any atom is -0.490 e. The molecule has 0 heterocycles. The SMILES string of the molecule is CCOc1cc(CO)cc(Br)c1OCc1cccc(Br)c1. The van der Waals surface area contributed by atoms with E-state index in [2.05, 4.69) is 31.9 Å². The van der Waals surface area contributed by atoms with Crippen molar-refractivity contribution in [3.05, 3.63) is 56.5 Å². The predicted octanol–water partition coefficient (Wildman–Crippen LogP) is 4.68. The van der Waals surface area contributed by atoms with E-state index in [0.717, 1.165) is 20.1 Å². The van der Waals surface area contributed by atoms with Crippen LogP contribution >= 0.6 is 31.9 Å². The molecular formula is C16H16Br2O3. The molecule has 2 aromatic rings. The van der Waals surface area contributed by atoms with Crippen LogP contribution in [0.1, 0.15) is 18.1 Å². The first-order chi connectivity index (χ1) is 10.1. The first kappa shape index (κ1) is 16.3. The molecule has 21 heavy (non-hydrogen) atoms. The van der Waals surface area contributed by atoms with E-state index in [4.69, 9.17) is 9.47 Å². The van der Waals surface area contributed by atoms with Gasteiger partial charge in [-0.25, -0.2) is 0 Å². The molecule has 0 fully saturated rings. The van der Waals surface area contributed by atoms with Crippen molar-refractivity contribution in [3.63, 3.8) is 0 Å². The van der Waals surface area contributed by atoms with Crippen molar-refractivity contribution >= 4 is 31.9 Å². The molecule has 3 nitrogen and oxygen atoms in total. The van der Waals surface area contributed by atoms with E-state index in [9.17, 15) is 5.11 Å². The summed E-state index contributed by atoms with van der Waals surface area (Å²) in [6.45, 7) is 2.85. The van der Waals surface area contributed by atoms with Gasteiger partial charge in [-0.2, -0.15) is 0 Å². The third-order valence-corrected chi connectivity index (χ3v) is 3.91. The fraction of sp³-hybridized carbons (Fsp3) is 0.250. The maximum atomic E-state index is 9.26. The van der Waals surface area contributed by atoms with E-state index in [-0.39, 0.29) is 6.61 Å². The van der Waals surface area contributed by atoms with Gasteiger partial charge in [-0.3, -0.25) is 0 Å². The van der Waals surface area contributed by atoms with Gasteiger partial charge in [0.1, 0.15) is 6.61 Å². The van der Waals surface area contributed by atoms with Gasteiger partial charge in [-0.1, -0.05) is 28.1 Å². The minimum absolute atomic E-state index is 0.0371. The first-order valence-corrected chi connectivity index (χ1v) is 8.16. The molecule has 2 aromatic carbocycles. The van der Waals surface area contributed by atoms with Crippen molar-refractivity contribution in [1.29, 1.82) is 0 Å². The number of aliphatic hydroxyl groups excluding tert-OH is 1. The molecule has 0 saturated heterocycles. The Kier molecular flexibility index (Phi) is 6.08. The number of rotatable bonds is 6. The fourth-order valence-corrected chi connectivity index (χ4v) is 2.95. The van der Waals surface area contributed by atoms with Crippen molar-refractivity contribution in [2.45, 2.75) is 20.1 Å². The lowest BCUT2D eigenvalue weighted by atomic mass is 10.2. The van der Waals surface area contributed by atoms with Gasteiger partial charge in [0.15, 0.2) is 11.5 Å². The van der Waals surface area contributed by atoms with Crippen LogP contribution in [-0.2, 0) is 13.2 Å². The highest BCUT2D eigenvalue weighted by atomic mass is 79.9. The summed E-state index contributed by atoms with van der Waals surface area (Å²) in [7, 11) is 0. The van der Waals surface area contributed by atoms with Crippen LogP contribution in [0.2, 0.25) is 0 Å². The summed E-state index contributed by atoms with van der Waals surface area (Å²) < 4.78 is 13.3. The zero-order chi connectivity index (χ0) is 15.2. The summed E-state index contributed by atoms with van der Waals surface area (Å²) >= 11 is 6.92. The highest BCUT2D eigenvalue weighted by Gasteiger charge is 2.12. The van der Waals surface area contributed by atoms with Gasteiger partial charge in [0, 0.05) is 4.47 Å². The van der Waals surface area contributed by atoms with Gasteiger partial charge in [0.2, 0.25) is 0 Å². The first-order valence-electron chi connectivity index (χ1n) is 6.57. The molecule has 1 N–H and O–H groups in total. The highest BCUT2D eigenvalue weighted by Crippen LogP contribution is 2.37. The molecule has 0 atom stereocenters. The standard InChI is InChI=1S/C16H16Br2O3/c1-2-20-15-8-12(9-19)7-14(18)16(15)21-10-11-4-3-5-13(17)6-11/h3-8,19H,2,9-10H2,1H3. The second-order valence-corrected chi connectivity index (χ2v) is 6.18. The normalized spacial score (nSPS) is 10.5. The van der Waals surface area contributed by atoms with Crippen LogP contribution in [0.25, 0.3) is 0 Å². The summed E-state index contributed by atoms with van der Waals surface area (Å²) in [5.41, 5.74) is 1.84. The molecule has 0 saturated carbocycles. The molecule has 0 spiro atoms. The Bertz CT molecular complexity index is 614. The van der Waals surface area contributed by atoms with Crippen LogP contribution in [0.15, 0.2) is 45.3 Å².